The molecule has 186 valence electrons. The highest BCUT2D eigenvalue weighted by molar-refractivity contribution is 7.07. The van der Waals surface area contributed by atoms with Crippen molar-refractivity contribution in [3.05, 3.63) is 81.2 Å². The molecule has 1 fully saturated rings. The van der Waals surface area contributed by atoms with E-state index in [1.807, 2.05) is 25.4 Å². The molecule has 1 aliphatic rings. The number of nitrogens with one attached hydrogen (secondary N) is 1. The maximum atomic E-state index is 12.7. The fourth-order valence-electron chi connectivity index (χ4n) is 4.95. The van der Waals surface area contributed by atoms with Crippen LogP contribution in [0.5, 0.6) is 0 Å². The van der Waals surface area contributed by atoms with Crippen LogP contribution < -0.4 is 14.9 Å². The molecule has 7 nitrogen and oxygen atoms in total. The summed E-state index contributed by atoms with van der Waals surface area (Å²) in [4.78, 5) is 22.1. The molecule has 0 spiro atoms. The number of aromatic nitrogens is 2. The van der Waals surface area contributed by atoms with Crippen molar-refractivity contribution in [1.29, 1.82) is 0 Å². The van der Waals surface area contributed by atoms with Gasteiger partial charge in [-0.15, -0.1) is 0 Å². The zero-order chi connectivity index (χ0) is 24.8. The average Bonchev–Trinajstić information content (AvgIpc) is 3.39. The number of rotatable bonds is 9. The fourth-order valence-corrected chi connectivity index (χ4v) is 5.61. The van der Waals surface area contributed by atoms with Gasteiger partial charge in [0.2, 0.25) is 5.69 Å². The van der Waals surface area contributed by atoms with Gasteiger partial charge in [-0.25, -0.2) is 0 Å². The number of likely N-dealkylation sites (tertiary alicyclic amines) is 1. The van der Waals surface area contributed by atoms with Crippen molar-refractivity contribution < 1.29 is 9.52 Å². The minimum atomic E-state index is -0.170. The van der Waals surface area contributed by atoms with Crippen LogP contribution in [0.2, 0.25) is 0 Å². The predicted octanol–water partition coefficient (Wildman–Crippen LogP) is 4.07. The molecule has 3 aromatic heterocycles. The van der Waals surface area contributed by atoms with E-state index >= 15 is 0 Å². The molecule has 0 aliphatic carbocycles. The maximum Gasteiger partial charge on any atom is 0.257 e. The van der Waals surface area contributed by atoms with E-state index < -0.39 is 0 Å². The number of carbonyl (C=O) groups excluding carboxylic acids is 1. The third kappa shape index (κ3) is 6.18. The van der Waals surface area contributed by atoms with E-state index in [0.717, 1.165) is 49.2 Å². The number of amides is 1. The van der Waals surface area contributed by atoms with Gasteiger partial charge in [0.15, 0.2) is 6.20 Å². The molecule has 35 heavy (non-hydrogen) atoms. The number of hydrogen-bond acceptors (Lipinski definition) is 6. The van der Waals surface area contributed by atoms with E-state index in [4.69, 9.17) is 0 Å². The van der Waals surface area contributed by atoms with Gasteiger partial charge in [0.05, 0.1) is 11.9 Å². The highest BCUT2D eigenvalue weighted by atomic mass is 32.1. The number of thiophene rings is 1. The van der Waals surface area contributed by atoms with Crippen LogP contribution in [0.1, 0.15) is 53.4 Å². The summed E-state index contributed by atoms with van der Waals surface area (Å²) in [5.41, 5.74) is 4.27. The molecule has 1 amide bonds. The Bertz CT molecular complexity index is 1100. The van der Waals surface area contributed by atoms with Gasteiger partial charge in [-0.05, 0) is 73.2 Å². The second-order valence-electron chi connectivity index (χ2n) is 9.42. The molecule has 1 saturated heterocycles. The van der Waals surface area contributed by atoms with Gasteiger partial charge in [-0.1, -0.05) is 0 Å². The average molecular weight is 494 g/mol. The minimum absolute atomic E-state index is 0.170. The van der Waals surface area contributed by atoms with Gasteiger partial charge in [-0.2, -0.15) is 16.1 Å². The van der Waals surface area contributed by atoms with E-state index in [0.29, 0.717) is 29.9 Å². The first-order valence-corrected chi connectivity index (χ1v) is 13.3. The normalized spacial score (nSPS) is 15.6. The van der Waals surface area contributed by atoms with Gasteiger partial charge in [0.1, 0.15) is 5.56 Å². The summed E-state index contributed by atoms with van der Waals surface area (Å²) >= 11 is 1.74. The topological polar surface area (TPSA) is 75.4 Å². The summed E-state index contributed by atoms with van der Waals surface area (Å²) in [5, 5.41) is 19.2. The third-order valence-electron chi connectivity index (χ3n) is 7.10. The zero-order valence-electron chi connectivity index (χ0n) is 20.8. The Kier molecular flexibility index (Phi) is 8.36. The summed E-state index contributed by atoms with van der Waals surface area (Å²) in [7, 11) is 0. The smallest absolute Gasteiger partial charge is 0.257 e. The van der Waals surface area contributed by atoms with E-state index in [2.05, 4.69) is 49.9 Å². The zero-order valence-corrected chi connectivity index (χ0v) is 21.6. The molecule has 8 heteroatoms. The Morgan fingerprint density at radius 3 is 2.80 bits per heavy atom. The monoisotopic (exact) mass is 493 g/mol. The first-order chi connectivity index (χ1) is 16.9. The van der Waals surface area contributed by atoms with Crippen LogP contribution in [0.4, 0.5) is 5.69 Å². The number of nitrogens with zero attached hydrogens (tertiary/aromatic N) is 4. The van der Waals surface area contributed by atoms with Crippen LogP contribution in [0.25, 0.3) is 0 Å². The Morgan fingerprint density at radius 2 is 2.11 bits per heavy atom. The number of aryl methyl sites for hydroxylation is 1. The van der Waals surface area contributed by atoms with Crippen LogP contribution in [-0.2, 0) is 6.54 Å². The second kappa shape index (κ2) is 11.6. The van der Waals surface area contributed by atoms with E-state index in [9.17, 15) is 10.0 Å². The molecule has 1 N–H and O–H groups in total. The van der Waals surface area contributed by atoms with Gasteiger partial charge in [0, 0.05) is 57.4 Å². The Balaban J connectivity index is 1.29. The molecule has 1 unspecified atom stereocenters. The molecule has 0 bridgehead atoms. The van der Waals surface area contributed by atoms with Crippen LogP contribution in [-0.4, -0.2) is 47.5 Å². The van der Waals surface area contributed by atoms with Crippen LogP contribution in [0, 0.1) is 19.1 Å². The van der Waals surface area contributed by atoms with Crippen molar-refractivity contribution in [2.75, 3.05) is 24.5 Å². The van der Waals surface area contributed by atoms with Crippen LogP contribution in [0.3, 0.4) is 0 Å². The highest BCUT2D eigenvalue weighted by Crippen LogP contribution is 2.27. The molecule has 4 heterocycles. The Morgan fingerprint density at radius 1 is 1.31 bits per heavy atom. The SMILES string of the molecule is Cc1cc[n+]([O-])c(C)c1C(=O)NCCC(C)N1CCC(N(Cc2ccsc2)c2cccnc2)CC1. The molecule has 1 atom stereocenters. The molecule has 4 rings (SSSR count). The van der Waals surface area contributed by atoms with Crippen molar-refractivity contribution in [3.63, 3.8) is 0 Å². The van der Waals surface area contributed by atoms with Crippen molar-refractivity contribution in [1.82, 2.24) is 15.2 Å². The lowest BCUT2D eigenvalue weighted by molar-refractivity contribution is -0.612. The largest absolute Gasteiger partial charge is 0.618 e. The summed E-state index contributed by atoms with van der Waals surface area (Å²) in [6.07, 6.45) is 8.31. The van der Waals surface area contributed by atoms with Crippen molar-refractivity contribution in [3.8, 4) is 0 Å². The quantitative estimate of drug-likeness (QED) is 0.359. The maximum absolute atomic E-state index is 12.7. The number of anilines is 1. The molecule has 1 aliphatic heterocycles. The molecular weight excluding hydrogens is 458 g/mol. The summed E-state index contributed by atoms with van der Waals surface area (Å²) in [6, 6.07) is 8.91. The number of hydrogen-bond donors (Lipinski definition) is 1. The first-order valence-electron chi connectivity index (χ1n) is 12.3. The van der Waals surface area contributed by atoms with Crippen molar-refractivity contribution in [2.45, 2.75) is 58.7 Å². The molecular formula is C27H35N5O2S. The highest BCUT2D eigenvalue weighted by Gasteiger charge is 2.27. The first kappa shape index (κ1) is 25.1. The van der Waals surface area contributed by atoms with Gasteiger partial charge < -0.3 is 20.3 Å². The van der Waals surface area contributed by atoms with Gasteiger partial charge in [0.25, 0.3) is 5.91 Å². The molecule has 3 aromatic rings. The van der Waals surface area contributed by atoms with Gasteiger partial charge >= 0.3 is 0 Å². The van der Waals surface area contributed by atoms with E-state index in [-0.39, 0.29) is 5.91 Å². The third-order valence-corrected chi connectivity index (χ3v) is 7.83. The van der Waals surface area contributed by atoms with E-state index in [1.54, 1.807) is 24.3 Å². The fraction of sp³-hybridized carbons (Fsp3) is 0.444. The summed E-state index contributed by atoms with van der Waals surface area (Å²) in [6.45, 7) is 9.36. The van der Waals surface area contributed by atoms with Crippen molar-refractivity contribution >= 4 is 22.9 Å². The van der Waals surface area contributed by atoms with Crippen LogP contribution >= 0.6 is 11.3 Å². The summed E-state index contributed by atoms with van der Waals surface area (Å²) in [5.74, 6) is -0.170. The molecule has 0 saturated carbocycles. The van der Waals surface area contributed by atoms with Gasteiger partial charge in [-0.3, -0.25) is 9.78 Å². The minimum Gasteiger partial charge on any atom is -0.618 e. The number of pyridine rings is 2. The lowest BCUT2D eigenvalue weighted by Crippen LogP contribution is -2.48. The number of carbonyl (C=O) groups is 1. The lowest BCUT2D eigenvalue weighted by Gasteiger charge is -2.41. The predicted molar refractivity (Wildman–Crippen MR) is 141 cm³/mol. The molecule has 0 aromatic carbocycles. The van der Waals surface area contributed by atoms with E-state index in [1.165, 1.54) is 17.4 Å². The number of piperidine rings is 1. The summed E-state index contributed by atoms with van der Waals surface area (Å²) < 4.78 is 0.752. The molecule has 0 radical (unpaired) electrons. The van der Waals surface area contributed by atoms with Crippen molar-refractivity contribution in [2.24, 2.45) is 0 Å². The lowest BCUT2D eigenvalue weighted by atomic mass is 9.99. The Hall–Kier alpha value is -2.97. The standard InChI is InChI=1S/C27H35N5O2S/c1-20-7-15-32(34)22(3)26(20)27(33)29-12-6-21(2)30-13-8-24(9-14-30)31(18-23-10-16-35-19-23)25-5-4-11-28-17-25/h4-5,7,10-11,15-17,19,21,24H,6,8-9,12-14,18H2,1-3H3,(H,29,33). The Labute approximate surface area is 212 Å². The van der Waals surface area contributed by atoms with Crippen LogP contribution in [0.15, 0.2) is 53.6 Å². The second-order valence-corrected chi connectivity index (χ2v) is 10.2.